The highest BCUT2D eigenvalue weighted by atomic mass is 17.2. The summed E-state index contributed by atoms with van der Waals surface area (Å²) in [7, 11) is 0. The van der Waals surface area contributed by atoms with Crippen molar-refractivity contribution < 1.29 is 14.6 Å². The summed E-state index contributed by atoms with van der Waals surface area (Å²) in [6.07, 6.45) is 13.3. The minimum absolute atomic E-state index is 0.406. The second-order valence-electron chi connectivity index (χ2n) is 6.47. The summed E-state index contributed by atoms with van der Waals surface area (Å²) in [6, 6.07) is 7.61. The van der Waals surface area contributed by atoms with E-state index in [1.807, 2.05) is 24.3 Å². The van der Waals surface area contributed by atoms with Crippen molar-refractivity contribution in [1.29, 1.82) is 0 Å². The van der Waals surface area contributed by atoms with Crippen molar-refractivity contribution >= 4 is 5.97 Å². The maximum absolute atomic E-state index is 11.9. The summed E-state index contributed by atoms with van der Waals surface area (Å²) < 4.78 is 0. The summed E-state index contributed by atoms with van der Waals surface area (Å²) in [5.74, 6) is -0.406. The molecule has 0 spiro atoms. The monoisotopic (exact) mass is 334 g/mol. The van der Waals surface area contributed by atoms with Crippen molar-refractivity contribution in [3.63, 3.8) is 0 Å². The molecular formula is C21H34O3. The number of unbranched alkanes of at least 4 members (excludes halogenated alkanes) is 8. The quantitative estimate of drug-likeness (QED) is 0.229. The van der Waals surface area contributed by atoms with Gasteiger partial charge in [0.15, 0.2) is 0 Å². The summed E-state index contributed by atoms with van der Waals surface area (Å²) in [4.78, 5) is 21.8. The van der Waals surface area contributed by atoms with Crippen LogP contribution in [-0.2, 0) is 16.2 Å². The molecule has 136 valence electrons. The van der Waals surface area contributed by atoms with Crippen molar-refractivity contribution in [3.05, 3.63) is 35.4 Å². The van der Waals surface area contributed by atoms with Gasteiger partial charge in [0, 0.05) is 0 Å². The normalized spacial score (nSPS) is 10.8. The number of aryl methyl sites for hydroxylation is 1. The molecule has 0 aromatic heterocycles. The Morgan fingerprint density at radius 2 is 1.38 bits per heavy atom. The van der Waals surface area contributed by atoms with Crippen molar-refractivity contribution in [1.82, 2.24) is 0 Å². The van der Waals surface area contributed by atoms with Crippen LogP contribution in [0.25, 0.3) is 0 Å². The van der Waals surface area contributed by atoms with Crippen LogP contribution in [-0.4, -0.2) is 12.6 Å². The molecular weight excluding hydrogens is 300 g/mol. The van der Waals surface area contributed by atoms with Crippen LogP contribution in [0.2, 0.25) is 0 Å². The standard InChI is InChI=1S/C21H34O3/c1-3-5-7-8-9-10-11-12-18-23-24-21(22)20-16-14-19(15-17-20)13-6-4-2/h14-17H,3-13,18H2,1-2H3. The molecule has 0 N–H and O–H groups in total. The number of hydrogen-bond donors (Lipinski definition) is 0. The van der Waals surface area contributed by atoms with E-state index in [0.29, 0.717) is 12.2 Å². The molecule has 0 atom stereocenters. The van der Waals surface area contributed by atoms with E-state index < -0.39 is 5.97 Å². The number of hydrogen-bond acceptors (Lipinski definition) is 3. The fraction of sp³-hybridized carbons (Fsp3) is 0.667. The molecule has 0 aliphatic heterocycles. The molecule has 0 saturated heterocycles. The zero-order chi connectivity index (χ0) is 17.5. The molecule has 1 aromatic rings. The molecule has 3 heteroatoms. The van der Waals surface area contributed by atoms with Crippen LogP contribution in [0.1, 0.15) is 94.0 Å². The van der Waals surface area contributed by atoms with E-state index in [2.05, 4.69) is 13.8 Å². The highest BCUT2D eigenvalue weighted by molar-refractivity contribution is 5.88. The van der Waals surface area contributed by atoms with E-state index in [9.17, 15) is 4.79 Å². The van der Waals surface area contributed by atoms with Crippen molar-refractivity contribution in [2.75, 3.05) is 6.61 Å². The summed E-state index contributed by atoms with van der Waals surface area (Å²) in [5, 5.41) is 0. The first-order chi connectivity index (χ1) is 11.8. The molecule has 0 unspecified atom stereocenters. The van der Waals surface area contributed by atoms with Gasteiger partial charge in [0.2, 0.25) is 0 Å². The van der Waals surface area contributed by atoms with Crippen LogP contribution >= 0.6 is 0 Å². The van der Waals surface area contributed by atoms with Crippen LogP contribution in [0, 0.1) is 0 Å². The van der Waals surface area contributed by atoms with Gasteiger partial charge in [0.25, 0.3) is 0 Å². The lowest BCUT2D eigenvalue weighted by molar-refractivity contribution is -0.241. The van der Waals surface area contributed by atoms with E-state index in [0.717, 1.165) is 19.3 Å². The van der Waals surface area contributed by atoms with Gasteiger partial charge in [-0.25, -0.2) is 4.79 Å². The van der Waals surface area contributed by atoms with E-state index >= 15 is 0 Å². The average molecular weight is 335 g/mol. The molecule has 0 aliphatic rings. The van der Waals surface area contributed by atoms with Gasteiger partial charge in [-0.2, -0.15) is 4.89 Å². The van der Waals surface area contributed by atoms with Gasteiger partial charge in [0.05, 0.1) is 12.2 Å². The Labute approximate surface area is 147 Å². The van der Waals surface area contributed by atoms with Gasteiger partial charge in [-0.05, 0) is 37.0 Å². The van der Waals surface area contributed by atoms with Crippen molar-refractivity contribution in [3.8, 4) is 0 Å². The van der Waals surface area contributed by atoms with Gasteiger partial charge >= 0.3 is 5.97 Å². The Bertz CT molecular complexity index is 425. The smallest absolute Gasteiger partial charge is 0.293 e. The summed E-state index contributed by atoms with van der Waals surface area (Å²) >= 11 is 0. The van der Waals surface area contributed by atoms with E-state index in [-0.39, 0.29) is 0 Å². The van der Waals surface area contributed by atoms with Gasteiger partial charge in [-0.1, -0.05) is 77.3 Å². The Kier molecular flexibility index (Phi) is 12.1. The largest absolute Gasteiger partial charge is 0.373 e. The number of benzene rings is 1. The topological polar surface area (TPSA) is 35.5 Å². The minimum atomic E-state index is -0.406. The fourth-order valence-corrected chi connectivity index (χ4v) is 2.63. The summed E-state index contributed by atoms with van der Waals surface area (Å²) in [6.45, 7) is 4.89. The third-order valence-electron chi connectivity index (χ3n) is 4.22. The minimum Gasteiger partial charge on any atom is -0.293 e. The average Bonchev–Trinajstić information content (AvgIpc) is 2.61. The number of rotatable bonds is 14. The maximum Gasteiger partial charge on any atom is 0.373 e. The Morgan fingerprint density at radius 3 is 2.00 bits per heavy atom. The summed E-state index contributed by atoms with van der Waals surface area (Å²) in [5.41, 5.74) is 1.81. The third kappa shape index (κ3) is 9.71. The number of carbonyl (C=O) groups excluding carboxylic acids is 1. The number of carbonyl (C=O) groups is 1. The fourth-order valence-electron chi connectivity index (χ4n) is 2.63. The van der Waals surface area contributed by atoms with Crippen molar-refractivity contribution in [2.24, 2.45) is 0 Å². The van der Waals surface area contributed by atoms with Gasteiger partial charge in [0.1, 0.15) is 0 Å². The molecule has 24 heavy (non-hydrogen) atoms. The predicted octanol–water partition coefficient (Wildman–Crippen LogP) is 6.26. The first kappa shape index (κ1) is 20.7. The second kappa shape index (κ2) is 14.0. The molecule has 0 bridgehead atoms. The highest BCUT2D eigenvalue weighted by Crippen LogP contribution is 2.10. The Hall–Kier alpha value is -1.35. The first-order valence-corrected chi connectivity index (χ1v) is 9.70. The highest BCUT2D eigenvalue weighted by Gasteiger charge is 2.08. The second-order valence-corrected chi connectivity index (χ2v) is 6.47. The zero-order valence-corrected chi connectivity index (χ0v) is 15.5. The molecule has 0 amide bonds. The molecule has 0 heterocycles. The van der Waals surface area contributed by atoms with Crippen molar-refractivity contribution in [2.45, 2.75) is 84.5 Å². The van der Waals surface area contributed by atoms with E-state index in [1.54, 1.807) is 0 Å². The van der Waals surface area contributed by atoms with Gasteiger partial charge < -0.3 is 0 Å². The van der Waals surface area contributed by atoms with Crippen LogP contribution in [0.15, 0.2) is 24.3 Å². The van der Waals surface area contributed by atoms with Crippen LogP contribution in [0.4, 0.5) is 0 Å². The molecule has 1 rings (SSSR count). The lowest BCUT2D eigenvalue weighted by Crippen LogP contribution is -2.07. The molecule has 0 saturated carbocycles. The van der Waals surface area contributed by atoms with Gasteiger partial charge in [-0.15, -0.1) is 0 Å². The van der Waals surface area contributed by atoms with E-state index in [1.165, 1.54) is 56.9 Å². The molecule has 0 radical (unpaired) electrons. The predicted molar refractivity (Wildman–Crippen MR) is 99.0 cm³/mol. The van der Waals surface area contributed by atoms with Crippen LogP contribution in [0.3, 0.4) is 0 Å². The lowest BCUT2D eigenvalue weighted by atomic mass is 10.1. The maximum atomic E-state index is 11.9. The Balaban J connectivity index is 2.05. The lowest BCUT2D eigenvalue weighted by Gasteiger charge is -2.05. The molecule has 3 nitrogen and oxygen atoms in total. The molecule has 0 aliphatic carbocycles. The molecule has 0 fully saturated rings. The third-order valence-corrected chi connectivity index (χ3v) is 4.22. The van der Waals surface area contributed by atoms with Crippen LogP contribution < -0.4 is 0 Å². The Morgan fingerprint density at radius 1 is 0.792 bits per heavy atom. The van der Waals surface area contributed by atoms with Crippen LogP contribution in [0.5, 0.6) is 0 Å². The van der Waals surface area contributed by atoms with E-state index in [4.69, 9.17) is 9.78 Å². The molecule has 1 aromatic carbocycles. The zero-order valence-electron chi connectivity index (χ0n) is 15.5. The van der Waals surface area contributed by atoms with Gasteiger partial charge in [-0.3, -0.25) is 4.89 Å². The SMILES string of the molecule is CCCCCCCCCCOOC(=O)c1ccc(CCCC)cc1. The first-order valence-electron chi connectivity index (χ1n) is 9.70.